The predicted molar refractivity (Wildman–Crippen MR) is 92.7 cm³/mol. The van der Waals surface area contributed by atoms with Gasteiger partial charge < -0.3 is 5.32 Å². The third-order valence-electron chi connectivity index (χ3n) is 4.39. The number of para-hydroxylation sites is 1. The molecule has 6 nitrogen and oxygen atoms in total. The SMILES string of the molecule is CS(=O)(=O)N1CCC(C(=O)NCc2ccc3ccccc3n2)CC1. The molecule has 0 unspecified atom stereocenters. The van der Waals surface area contributed by atoms with E-state index in [1.807, 2.05) is 36.4 Å². The van der Waals surface area contributed by atoms with Crippen LogP contribution >= 0.6 is 0 Å². The van der Waals surface area contributed by atoms with Gasteiger partial charge in [-0.25, -0.2) is 12.7 Å². The zero-order valence-electron chi connectivity index (χ0n) is 13.6. The van der Waals surface area contributed by atoms with E-state index in [9.17, 15) is 13.2 Å². The first-order chi connectivity index (χ1) is 11.4. The first kappa shape index (κ1) is 16.9. The third kappa shape index (κ3) is 3.91. The highest BCUT2D eigenvalue weighted by Gasteiger charge is 2.28. The molecule has 0 spiro atoms. The molecule has 1 fully saturated rings. The highest BCUT2D eigenvalue weighted by Crippen LogP contribution is 2.19. The molecule has 24 heavy (non-hydrogen) atoms. The highest BCUT2D eigenvalue weighted by molar-refractivity contribution is 7.88. The molecule has 0 radical (unpaired) electrons. The Balaban J connectivity index is 1.55. The van der Waals surface area contributed by atoms with Crippen LogP contribution in [-0.4, -0.2) is 43.0 Å². The molecule has 1 aromatic carbocycles. The van der Waals surface area contributed by atoms with Crippen molar-refractivity contribution in [2.45, 2.75) is 19.4 Å². The van der Waals surface area contributed by atoms with Crippen LogP contribution in [0, 0.1) is 5.92 Å². The largest absolute Gasteiger partial charge is 0.350 e. The van der Waals surface area contributed by atoms with Crippen molar-refractivity contribution in [3.8, 4) is 0 Å². The van der Waals surface area contributed by atoms with Gasteiger partial charge in [0.1, 0.15) is 0 Å². The fraction of sp³-hybridized carbons (Fsp3) is 0.412. The van der Waals surface area contributed by atoms with Crippen LogP contribution in [-0.2, 0) is 21.4 Å². The van der Waals surface area contributed by atoms with Crippen LogP contribution in [0.1, 0.15) is 18.5 Å². The van der Waals surface area contributed by atoms with Gasteiger partial charge in [0.15, 0.2) is 0 Å². The minimum Gasteiger partial charge on any atom is -0.350 e. The van der Waals surface area contributed by atoms with Gasteiger partial charge in [0.25, 0.3) is 0 Å². The lowest BCUT2D eigenvalue weighted by Crippen LogP contribution is -2.42. The minimum absolute atomic E-state index is 0.0295. The molecule has 1 N–H and O–H groups in total. The molecular weight excluding hydrogens is 326 g/mol. The van der Waals surface area contributed by atoms with Crippen molar-refractivity contribution in [2.24, 2.45) is 5.92 Å². The van der Waals surface area contributed by atoms with Crippen LogP contribution in [0.5, 0.6) is 0 Å². The standard InChI is InChI=1S/C17H21N3O3S/c1-24(22,23)20-10-8-14(9-11-20)17(21)18-12-15-7-6-13-4-2-3-5-16(13)19-15/h2-7,14H,8-12H2,1H3,(H,18,21). The van der Waals surface area contributed by atoms with Gasteiger partial charge in [-0.3, -0.25) is 9.78 Å². The van der Waals surface area contributed by atoms with E-state index in [1.165, 1.54) is 10.6 Å². The molecule has 0 saturated carbocycles. The van der Waals surface area contributed by atoms with Crippen molar-refractivity contribution >= 4 is 26.8 Å². The van der Waals surface area contributed by atoms with Gasteiger partial charge in [0.05, 0.1) is 24.0 Å². The van der Waals surface area contributed by atoms with E-state index in [0.29, 0.717) is 32.5 Å². The third-order valence-corrected chi connectivity index (χ3v) is 5.70. The molecule has 0 atom stereocenters. The van der Waals surface area contributed by atoms with Gasteiger partial charge in [-0.2, -0.15) is 0 Å². The molecule has 2 aromatic rings. The van der Waals surface area contributed by atoms with Gasteiger partial charge in [0.2, 0.25) is 15.9 Å². The van der Waals surface area contributed by atoms with Gasteiger partial charge in [-0.05, 0) is 25.0 Å². The van der Waals surface area contributed by atoms with Crippen molar-refractivity contribution in [1.82, 2.24) is 14.6 Å². The first-order valence-corrected chi connectivity index (χ1v) is 9.86. The quantitative estimate of drug-likeness (QED) is 0.909. The van der Waals surface area contributed by atoms with Gasteiger partial charge in [-0.15, -0.1) is 0 Å². The summed E-state index contributed by atoms with van der Waals surface area (Å²) >= 11 is 0. The minimum atomic E-state index is -3.16. The van der Waals surface area contributed by atoms with Crippen molar-refractivity contribution in [3.05, 3.63) is 42.1 Å². The predicted octanol–water partition coefficient (Wildman–Crippen LogP) is 1.52. The Hall–Kier alpha value is -1.99. The summed E-state index contributed by atoms with van der Waals surface area (Å²) in [6.07, 6.45) is 2.33. The van der Waals surface area contributed by atoms with E-state index in [-0.39, 0.29) is 11.8 Å². The average molecular weight is 347 g/mol. The molecule has 1 amide bonds. The smallest absolute Gasteiger partial charge is 0.223 e. The van der Waals surface area contributed by atoms with Crippen molar-refractivity contribution in [1.29, 1.82) is 0 Å². The van der Waals surface area contributed by atoms with Crippen LogP contribution in [0.15, 0.2) is 36.4 Å². The lowest BCUT2D eigenvalue weighted by molar-refractivity contribution is -0.126. The van der Waals surface area contributed by atoms with Crippen LogP contribution in [0.4, 0.5) is 0 Å². The molecule has 1 aliphatic rings. The van der Waals surface area contributed by atoms with Crippen LogP contribution in [0.2, 0.25) is 0 Å². The number of aromatic nitrogens is 1. The Morgan fingerprint density at radius 2 is 1.92 bits per heavy atom. The van der Waals surface area contributed by atoms with E-state index in [2.05, 4.69) is 10.3 Å². The topological polar surface area (TPSA) is 79.4 Å². The molecule has 1 aromatic heterocycles. The lowest BCUT2D eigenvalue weighted by Gasteiger charge is -2.29. The second-order valence-corrected chi connectivity index (χ2v) is 8.13. The summed E-state index contributed by atoms with van der Waals surface area (Å²) in [6.45, 7) is 1.20. The number of nitrogens with zero attached hydrogens (tertiary/aromatic N) is 2. The van der Waals surface area contributed by atoms with Crippen LogP contribution in [0.3, 0.4) is 0 Å². The zero-order chi connectivity index (χ0) is 17.2. The number of hydrogen-bond donors (Lipinski definition) is 1. The fourth-order valence-electron chi connectivity index (χ4n) is 2.98. The second-order valence-electron chi connectivity index (χ2n) is 6.15. The summed E-state index contributed by atoms with van der Waals surface area (Å²) in [5, 5.41) is 3.99. The number of hydrogen-bond acceptors (Lipinski definition) is 4. The summed E-state index contributed by atoms with van der Waals surface area (Å²) in [7, 11) is -3.16. The number of benzene rings is 1. The molecular formula is C17H21N3O3S. The number of fused-ring (bicyclic) bond motifs is 1. The maximum absolute atomic E-state index is 12.3. The Morgan fingerprint density at radius 1 is 1.21 bits per heavy atom. The monoisotopic (exact) mass is 347 g/mol. The zero-order valence-corrected chi connectivity index (χ0v) is 14.4. The maximum atomic E-state index is 12.3. The Kier molecular flexibility index (Phi) is 4.82. The van der Waals surface area contributed by atoms with Gasteiger partial charge in [-0.1, -0.05) is 24.3 Å². The number of carbonyl (C=O) groups excluding carboxylic acids is 1. The first-order valence-electron chi connectivity index (χ1n) is 8.01. The van der Waals surface area contributed by atoms with E-state index >= 15 is 0 Å². The number of piperidine rings is 1. The highest BCUT2D eigenvalue weighted by atomic mass is 32.2. The summed E-state index contributed by atoms with van der Waals surface area (Å²) in [6, 6.07) is 11.8. The number of nitrogens with one attached hydrogen (secondary N) is 1. The number of sulfonamides is 1. The molecule has 2 heterocycles. The number of pyridine rings is 1. The van der Waals surface area contributed by atoms with Crippen LogP contribution in [0.25, 0.3) is 10.9 Å². The second kappa shape index (κ2) is 6.86. The molecule has 0 bridgehead atoms. The van der Waals surface area contributed by atoms with Crippen molar-refractivity contribution in [2.75, 3.05) is 19.3 Å². The summed E-state index contributed by atoms with van der Waals surface area (Å²) in [5.74, 6) is -0.165. The lowest BCUT2D eigenvalue weighted by atomic mass is 9.97. The Bertz CT molecular complexity index is 843. The Morgan fingerprint density at radius 3 is 2.62 bits per heavy atom. The van der Waals surface area contributed by atoms with Crippen molar-refractivity contribution < 1.29 is 13.2 Å². The number of carbonyl (C=O) groups is 1. The Labute approximate surface area is 141 Å². The van der Waals surface area contributed by atoms with Crippen molar-refractivity contribution in [3.63, 3.8) is 0 Å². The molecule has 7 heteroatoms. The summed E-state index contributed by atoms with van der Waals surface area (Å²) in [5.41, 5.74) is 1.72. The van der Waals surface area contributed by atoms with Crippen LogP contribution < -0.4 is 5.32 Å². The van der Waals surface area contributed by atoms with E-state index in [4.69, 9.17) is 0 Å². The average Bonchev–Trinajstić information content (AvgIpc) is 2.59. The molecule has 1 saturated heterocycles. The van der Waals surface area contributed by atoms with E-state index in [1.54, 1.807) is 0 Å². The van der Waals surface area contributed by atoms with E-state index in [0.717, 1.165) is 16.6 Å². The molecule has 128 valence electrons. The van der Waals surface area contributed by atoms with E-state index < -0.39 is 10.0 Å². The maximum Gasteiger partial charge on any atom is 0.223 e. The summed E-state index contributed by atoms with van der Waals surface area (Å²) < 4.78 is 24.4. The number of amides is 1. The van der Waals surface area contributed by atoms with Gasteiger partial charge >= 0.3 is 0 Å². The molecule has 3 rings (SSSR count). The fourth-order valence-corrected chi connectivity index (χ4v) is 3.85. The molecule has 0 aliphatic carbocycles. The van der Waals surface area contributed by atoms with Gasteiger partial charge in [0, 0.05) is 24.4 Å². The normalized spacial score (nSPS) is 17.0. The molecule has 1 aliphatic heterocycles. The number of rotatable bonds is 4. The summed E-state index contributed by atoms with van der Waals surface area (Å²) in [4.78, 5) is 16.8.